The number of aliphatic hydroxyl groups excluding tert-OH is 1. The summed E-state index contributed by atoms with van der Waals surface area (Å²) < 4.78 is 11.8. The first kappa shape index (κ1) is 15.0. The van der Waals surface area contributed by atoms with Crippen LogP contribution in [0.5, 0.6) is 0 Å². The zero-order chi connectivity index (χ0) is 15.5. The van der Waals surface area contributed by atoms with Crippen LogP contribution < -0.4 is 0 Å². The van der Waals surface area contributed by atoms with Gasteiger partial charge in [-0.2, -0.15) is 0 Å². The Balaban J connectivity index is 2.00. The summed E-state index contributed by atoms with van der Waals surface area (Å²) in [5.74, 6) is 0.236. The number of carbonyl (C=O) groups is 1. The van der Waals surface area contributed by atoms with Crippen molar-refractivity contribution in [3.8, 4) is 0 Å². The molecule has 1 heterocycles. The maximum absolute atomic E-state index is 11.2. The number of hydrogen-bond acceptors (Lipinski definition) is 4. The molecule has 0 aromatic carbocycles. The van der Waals surface area contributed by atoms with Gasteiger partial charge in [0.25, 0.3) is 0 Å². The summed E-state index contributed by atoms with van der Waals surface area (Å²) in [6.07, 6.45) is 5.26. The van der Waals surface area contributed by atoms with Gasteiger partial charge in [0, 0.05) is 12.3 Å². The fourth-order valence-corrected chi connectivity index (χ4v) is 4.76. The Morgan fingerprint density at radius 1 is 1.43 bits per heavy atom. The van der Waals surface area contributed by atoms with E-state index in [1.54, 1.807) is 0 Å². The first-order valence-corrected chi connectivity index (χ1v) is 7.91. The standard InChI is InChI=1S/C17H26O4/c1-11(18)20-10-13-7-14(19)9-16(4)6-5-12-8-17(13,16)21-15(12,2)3/h7,12,14,19H,5-6,8-10H2,1-4H3/t12-,14-,16-,17?/m1/s1. The van der Waals surface area contributed by atoms with Crippen LogP contribution in [-0.2, 0) is 14.3 Å². The average molecular weight is 294 g/mol. The van der Waals surface area contributed by atoms with Gasteiger partial charge < -0.3 is 14.6 Å². The van der Waals surface area contributed by atoms with Crippen molar-refractivity contribution in [1.29, 1.82) is 0 Å². The third-order valence-corrected chi connectivity index (χ3v) is 5.98. The molecule has 1 aliphatic heterocycles. The second kappa shape index (κ2) is 4.56. The molecule has 2 aliphatic carbocycles. The maximum atomic E-state index is 11.2. The van der Waals surface area contributed by atoms with E-state index in [2.05, 4.69) is 20.8 Å². The Hall–Kier alpha value is -0.870. The molecule has 2 bridgehead atoms. The first-order valence-electron chi connectivity index (χ1n) is 7.91. The second-order valence-electron chi connectivity index (χ2n) is 7.78. The SMILES string of the molecule is CC(=O)OCC1=C[C@@H](O)C[C@@]2(C)CC[C@@H]3CC12OC3(C)C. The molecule has 4 atom stereocenters. The molecule has 4 heteroatoms. The van der Waals surface area contributed by atoms with Crippen molar-refractivity contribution < 1.29 is 19.4 Å². The van der Waals surface area contributed by atoms with Gasteiger partial charge in [-0.25, -0.2) is 0 Å². The zero-order valence-corrected chi connectivity index (χ0v) is 13.4. The van der Waals surface area contributed by atoms with Crippen molar-refractivity contribution in [2.45, 2.75) is 70.7 Å². The Kier molecular flexibility index (Phi) is 3.27. The first-order chi connectivity index (χ1) is 9.68. The van der Waals surface area contributed by atoms with Crippen molar-refractivity contribution in [1.82, 2.24) is 0 Å². The van der Waals surface area contributed by atoms with Gasteiger partial charge in [0.1, 0.15) is 6.61 Å². The van der Waals surface area contributed by atoms with Crippen LogP contribution >= 0.6 is 0 Å². The van der Waals surface area contributed by atoms with Gasteiger partial charge in [-0.05, 0) is 51.0 Å². The summed E-state index contributed by atoms with van der Waals surface area (Å²) in [5.41, 5.74) is 0.332. The molecule has 0 amide bonds. The summed E-state index contributed by atoms with van der Waals surface area (Å²) in [6, 6.07) is 0. The lowest BCUT2D eigenvalue weighted by atomic mass is 9.55. The largest absolute Gasteiger partial charge is 0.461 e. The molecule has 0 aromatic heterocycles. The lowest BCUT2D eigenvalue weighted by molar-refractivity contribution is -0.152. The number of ether oxygens (including phenoxy) is 2. The number of rotatable bonds is 2. The molecular formula is C17H26O4. The Morgan fingerprint density at radius 3 is 2.81 bits per heavy atom. The lowest BCUT2D eigenvalue weighted by Crippen LogP contribution is -2.54. The Bertz CT molecular complexity index is 495. The van der Waals surface area contributed by atoms with Gasteiger partial charge in [0.05, 0.1) is 17.3 Å². The lowest BCUT2D eigenvalue weighted by Gasteiger charge is -2.53. The van der Waals surface area contributed by atoms with Crippen LogP contribution in [0.2, 0.25) is 0 Å². The highest BCUT2D eigenvalue weighted by molar-refractivity contribution is 5.66. The maximum Gasteiger partial charge on any atom is 0.302 e. The molecule has 3 aliphatic rings. The van der Waals surface area contributed by atoms with E-state index in [1.165, 1.54) is 6.92 Å². The molecule has 1 spiro atoms. The number of hydrogen-bond donors (Lipinski definition) is 1. The van der Waals surface area contributed by atoms with E-state index in [1.807, 2.05) is 6.08 Å². The number of esters is 1. The van der Waals surface area contributed by atoms with Gasteiger partial charge in [-0.15, -0.1) is 0 Å². The highest BCUT2D eigenvalue weighted by Crippen LogP contribution is 2.64. The van der Waals surface area contributed by atoms with Gasteiger partial charge >= 0.3 is 5.97 Å². The summed E-state index contributed by atoms with van der Waals surface area (Å²) in [5, 5.41) is 10.2. The molecule has 1 unspecified atom stereocenters. The molecule has 1 saturated heterocycles. The van der Waals surface area contributed by atoms with E-state index in [4.69, 9.17) is 9.47 Å². The van der Waals surface area contributed by atoms with Crippen LogP contribution in [0, 0.1) is 11.3 Å². The van der Waals surface area contributed by atoms with Crippen molar-refractivity contribution in [3.05, 3.63) is 11.6 Å². The van der Waals surface area contributed by atoms with E-state index in [0.29, 0.717) is 5.92 Å². The molecular weight excluding hydrogens is 268 g/mol. The predicted molar refractivity (Wildman–Crippen MR) is 78.7 cm³/mol. The van der Waals surface area contributed by atoms with Crippen molar-refractivity contribution in [3.63, 3.8) is 0 Å². The highest BCUT2D eigenvalue weighted by atomic mass is 16.5. The van der Waals surface area contributed by atoms with Gasteiger partial charge in [0.15, 0.2) is 0 Å². The topological polar surface area (TPSA) is 55.8 Å². The van der Waals surface area contributed by atoms with Crippen LogP contribution in [0.15, 0.2) is 11.6 Å². The highest BCUT2D eigenvalue weighted by Gasteiger charge is 2.65. The number of fused-ring (bicyclic) bond motifs is 1. The fraction of sp³-hybridized carbons (Fsp3) is 0.824. The third-order valence-electron chi connectivity index (χ3n) is 5.98. The minimum Gasteiger partial charge on any atom is -0.461 e. The summed E-state index contributed by atoms with van der Waals surface area (Å²) in [4.78, 5) is 11.2. The van der Waals surface area contributed by atoms with Crippen LogP contribution in [0.1, 0.15) is 53.4 Å². The summed E-state index contributed by atoms with van der Waals surface area (Å²) >= 11 is 0. The molecule has 1 saturated carbocycles. The number of carbonyl (C=O) groups excluding carboxylic acids is 1. The van der Waals surface area contributed by atoms with E-state index in [9.17, 15) is 9.90 Å². The molecule has 4 nitrogen and oxygen atoms in total. The minimum atomic E-state index is -0.477. The third kappa shape index (κ3) is 2.15. The van der Waals surface area contributed by atoms with E-state index in [-0.39, 0.29) is 29.2 Å². The van der Waals surface area contributed by atoms with Crippen LogP contribution in [-0.4, -0.2) is 35.0 Å². The normalized spacial score (nSPS) is 44.0. The quantitative estimate of drug-likeness (QED) is 0.628. The second-order valence-corrected chi connectivity index (χ2v) is 7.78. The molecule has 0 aromatic rings. The summed E-state index contributed by atoms with van der Waals surface area (Å²) in [6.45, 7) is 8.18. The molecule has 3 rings (SSSR count). The van der Waals surface area contributed by atoms with E-state index in [0.717, 1.165) is 31.3 Å². The Labute approximate surface area is 126 Å². The monoisotopic (exact) mass is 294 g/mol. The van der Waals surface area contributed by atoms with Gasteiger partial charge in [-0.1, -0.05) is 13.0 Å². The molecule has 1 N–H and O–H groups in total. The fourth-order valence-electron chi connectivity index (χ4n) is 4.76. The molecule has 118 valence electrons. The molecule has 21 heavy (non-hydrogen) atoms. The Morgan fingerprint density at radius 2 is 2.14 bits per heavy atom. The van der Waals surface area contributed by atoms with Crippen LogP contribution in [0.4, 0.5) is 0 Å². The van der Waals surface area contributed by atoms with Gasteiger partial charge in [0.2, 0.25) is 0 Å². The van der Waals surface area contributed by atoms with Crippen molar-refractivity contribution >= 4 is 5.97 Å². The van der Waals surface area contributed by atoms with Gasteiger partial charge in [-0.3, -0.25) is 4.79 Å². The number of aliphatic hydroxyl groups is 1. The molecule has 2 fully saturated rings. The predicted octanol–water partition coefficient (Wildman–Crippen LogP) is 2.59. The zero-order valence-electron chi connectivity index (χ0n) is 13.4. The van der Waals surface area contributed by atoms with Crippen LogP contribution in [0.25, 0.3) is 0 Å². The average Bonchev–Trinajstić information content (AvgIpc) is 2.59. The van der Waals surface area contributed by atoms with Crippen molar-refractivity contribution in [2.24, 2.45) is 11.3 Å². The van der Waals surface area contributed by atoms with E-state index < -0.39 is 6.10 Å². The van der Waals surface area contributed by atoms with Crippen LogP contribution in [0.3, 0.4) is 0 Å². The minimum absolute atomic E-state index is 0.0824. The van der Waals surface area contributed by atoms with E-state index >= 15 is 0 Å². The molecule has 0 radical (unpaired) electrons. The smallest absolute Gasteiger partial charge is 0.302 e. The summed E-state index contributed by atoms with van der Waals surface area (Å²) in [7, 11) is 0. The van der Waals surface area contributed by atoms with Crippen molar-refractivity contribution in [2.75, 3.05) is 6.61 Å².